The van der Waals surface area contributed by atoms with Crippen molar-refractivity contribution in [1.82, 2.24) is 19.9 Å². The van der Waals surface area contributed by atoms with Gasteiger partial charge in [0.2, 0.25) is 18.0 Å². The van der Waals surface area contributed by atoms with E-state index in [9.17, 15) is 48.6 Å². The second-order valence-electron chi connectivity index (χ2n) is 8.56. The number of aromatic nitrogens is 3. The molecule has 43 heavy (non-hydrogen) atoms. The summed E-state index contributed by atoms with van der Waals surface area (Å²) in [7, 11) is -16.9. The van der Waals surface area contributed by atoms with Crippen molar-refractivity contribution in [2.24, 2.45) is 5.73 Å². The predicted octanol–water partition coefficient (Wildman–Crippen LogP) is -1.50. The normalized spacial score (nSPS) is 22.1. The predicted molar refractivity (Wildman–Crippen MR) is 137 cm³/mol. The molecule has 238 valence electrons. The van der Waals surface area contributed by atoms with Crippen LogP contribution in [0.15, 0.2) is 18.6 Å². The fourth-order valence-electron chi connectivity index (χ4n) is 3.62. The van der Waals surface area contributed by atoms with Crippen LogP contribution in [0.4, 0.5) is 5.82 Å². The number of imidazole rings is 1. The Labute approximate surface area is 240 Å². The van der Waals surface area contributed by atoms with Crippen molar-refractivity contribution in [3.8, 4) is 17.7 Å². The molecule has 6 atom stereocenters. The van der Waals surface area contributed by atoms with E-state index >= 15 is 0 Å². The molecule has 3 rings (SSSR count). The van der Waals surface area contributed by atoms with Crippen LogP contribution in [0, 0.1) is 22.0 Å². The molecule has 2 aromatic heterocycles. The Morgan fingerprint density at radius 3 is 2.60 bits per heavy atom. The number of carbonyl (C=O) groups is 1. The number of aromatic amines is 1. The minimum atomic E-state index is -5.77. The lowest BCUT2D eigenvalue weighted by atomic mass is 10.1. The Morgan fingerprint density at radius 1 is 1.30 bits per heavy atom. The monoisotopic (exact) mass is 674 g/mol. The second kappa shape index (κ2) is 13.8. The SMILES string of the molecule is N[C@@H](Cc1nc[nH]c1OP(=O)(O)OP(=O)(O)OP(=O)(O)O)C(=O)NCC#Cc1cc([N+](=O)[O-])n([C@H]2C[C@H](O)[C@@H](CO)O2)c1. The number of ether oxygens (including phenoxy) is 1. The van der Waals surface area contributed by atoms with Crippen LogP contribution in [0.5, 0.6) is 5.88 Å². The van der Waals surface area contributed by atoms with Crippen LogP contribution in [0.3, 0.4) is 0 Å². The highest BCUT2D eigenvalue weighted by molar-refractivity contribution is 7.66. The number of nitrogens with zero attached hydrogens (tertiary/aromatic N) is 3. The number of phosphoric acid groups is 3. The van der Waals surface area contributed by atoms with E-state index in [0.29, 0.717) is 0 Å². The molecule has 0 bridgehead atoms. The fraction of sp³-hybridized carbons (Fsp3) is 0.444. The molecule has 0 saturated carbocycles. The number of carbonyl (C=O) groups excluding carboxylic acids is 1. The topological polar surface area (TPSA) is 341 Å². The number of H-pyrrole nitrogens is 1. The maximum atomic E-state index is 12.4. The zero-order valence-corrected chi connectivity index (χ0v) is 24.1. The Morgan fingerprint density at radius 2 is 2.00 bits per heavy atom. The number of nitrogens with one attached hydrogen (secondary N) is 2. The molecule has 0 aliphatic carbocycles. The van der Waals surface area contributed by atoms with Crippen LogP contribution >= 0.6 is 23.5 Å². The molecule has 3 heterocycles. The lowest BCUT2D eigenvalue weighted by Crippen LogP contribution is -2.42. The first-order valence-electron chi connectivity index (χ1n) is 11.6. The summed E-state index contributed by atoms with van der Waals surface area (Å²) in [6.07, 6.45) is -1.01. The summed E-state index contributed by atoms with van der Waals surface area (Å²) in [5.41, 5.74) is 5.77. The van der Waals surface area contributed by atoms with E-state index in [0.717, 1.165) is 17.0 Å². The first-order chi connectivity index (χ1) is 19.9. The molecular formula is C18H25N6O16P3. The Hall–Kier alpha value is -2.99. The number of aliphatic hydroxyl groups is 2. The second-order valence-corrected chi connectivity index (χ2v) is 12.9. The van der Waals surface area contributed by atoms with Crippen LogP contribution in [0.2, 0.25) is 0 Å². The number of amides is 1. The van der Waals surface area contributed by atoms with Gasteiger partial charge in [-0.1, -0.05) is 11.8 Å². The average Bonchev–Trinajstić information content (AvgIpc) is 3.57. The summed E-state index contributed by atoms with van der Waals surface area (Å²) < 4.78 is 52.6. The van der Waals surface area contributed by atoms with Crippen molar-refractivity contribution < 1.29 is 71.1 Å². The number of nitro groups is 1. The Kier molecular flexibility index (Phi) is 11.0. The Bertz CT molecular complexity index is 1540. The zero-order valence-electron chi connectivity index (χ0n) is 21.4. The van der Waals surface area contributed by atoms with Crippen LogP contribution in [-0.4, -0.2) is 86.6 Å². The fourth-order valence-corrected chi connectivity index (χ4v) is 6.65. The van der Waals surface area contributed by atoms with Crippen molar-refractivity contribution in [3.05, 3.63) is 40.0 Å². The van der Waals surface area contributed by atoms with Crippen molar-refractivity contribution in [1.29, 1.82) is 0 Å². The quantitative estimate of drug-likeness (QED) is 0.0505. The number of hydrogen-bond acceptors (Lipinski definition) is 14. The Balaban J connectivity index is 1.57. The van der Waals surface area contributed by atoms with Gasteiger partial charge in [0.25, 0.3) is 0 Å². The molecule has 0 spiro atoms. The van der Waals surface area contributed by atoms with Gasteiger partial charge in [0, 0.05) is 12.8 Å². The van der Waals surface area contributed by atoms with E-state index in [1.807, 2.05) is 0 Å². The van der Waals surface area contributed by atoms with Gasteiger partial charge in [-0.3, -0.25) is 9.69 Å². The van der Waals surface area contributed by atoms with Gasteiger partial charge >= 0.3 is 29.3 Å². The minimum absolute atomic E-state index is 0.000452. The van der Waals surface area contributed by atoms with Gasteiger partial charge in [0.05, 0.1) is 43.3 Å². The van der Waals surface area contributed by atoms with Crippen LogP contribution in [-0.2, 0) is 38.3 Å². The van der Waals surface area contributed by atoms with Crippen molar-refractivity contribution >= 4 is 35.2 Å². The molecule has 22 nitrogen and oxygen atoms in total. The maximum absolute atomic E-state index is 12.4. The number of rotatable bonds is 13. The molecule has 0 radical (unpaired) electrons. The molecule has 1 saturated heterocycles. The van der Waals surface area contributed by atoms with Gasteiger partial charge in [0.15, 0.2) is 0 Å². The van der Waals surface area contributed by atoms with Crippen molar-refractivity contribution in [2.75, 3.05) is 13.2 Å². The van der Waals surface area contributed by atoms with Gasteiger partial charge in [-0.2, -0.15) is 8.62 Å². The molecule has 1 fully saturated rings. The summed E-state index contributed by atoms with van der Waals surface area (Å²) in [5.74, 6) is 3.39. The van der Waals surface area contributed by atoms with E-state index in [1.54, 1.807) is 0 Å². The van der Waals surface area contributed by atoms with E-state index in [2.05, 4.69) is 40.3 Å². The molecule has 1 aliphatic rings. The van der Waals surface area contributed by atoms with Crippen molar-refractivity contribution in [3.63, 3.8) is 0 Å². The summed E-state index contributed by atoms with van der Waals surface area (Å²) in [5, 5.41) is 33.0. The standard InChI is InChI=1S/C18H25N6O16P3/c19-11(5-12-18(22-9-21-12)38-42(33,34)40-43(35,36)39-41(30,31)32)17(27)20-3-1-2-10-4-15(24(28)29)23(7-10)16-6-13(26)14(8-25)37-16/h4,7,9,11,13-14,16,25-26H,3,5-6,8,19H2,(H,20,27)(H,21,22)(H,33,34)(H,35,36)(H2,30,31,32)/t11-,13-,14+,16+/m0/s1. The van der Waals surface area contributed by atoms with E-state index < -0.39 is 77.7 Å². The highest BCUT2D eigenvalue weighted by atomic mass is 31.3. The lowest BCUT2D eigenvalue weighted by molar-refractivity contribution is -0.393. The van der Waals surface area contributed by atoms with Gasteiger partial charge in [-0.15, -0.1) is 0 Å². The summed E-state index contributed by atoms with van der Waals surface area (Å²) in [6.45, 7) is -0.748. The van der Waals surface area contributed by atoms with Gasteiger partial charge in [-0.25, -0.2) is 23.2 Å². The molecule has 1 amide bonds. The third kappa shape index (κ3) is 10.0. The highest BCUT2D eigenvalue weighted by Gasteiger charge is 2.42. The minimum Gasteiger partial charge on any atom is -0.394 e. The lowest BCUT2D eigenvalue weighted by Gasteiger charge is -2.16. The summed E-state index contributed by atoms with van der Waals surface area (Å²) >= 11 is 0. The smallest absolute Gasteiger partial charge is 0.394 e. The molecule has 1 aliphatic heterocycles. The highest BCUT2D eigenvalue weighted by Crippen LogP contribution is 2.66. The third-order valence-corrected chi connectivity index (χ3v) is 9.08. The van der Waals surface area contributed by atoms with Gasteiger partial charge < -0.3 is 60.3 Å². The zero-order chi connectivity index (χ0) is 32.2. The number of nitrogens with two attached hydrogens (primary N) is 1. The van der Waals surface area contributed by atoms with Crippen LogP contribution in [0.1, 0.15) is 23.9 Å². The molecule has 2 aromatic rings. The van der Waals surface area contributed by atoms with E-state index in [-0.39, 0.29) is 30.0 Å². The third-order valence-electron chi connectivity index (χ3n) is 5.34. The van der Waals surface area contributed by atoms with Crippen LogP contribution in [0.25, 0.3) is 0 Å². The molecule has 10 N–H and O–H groups in total. The van der Waals surface area contributed by atoms with E-state index in [4.69, 9.17) is 20.3 Å². The largest absolute Gasteiger partial charge is 0.537 e. The maximum Gasteiger partial charge on any atom is 0.537 e. The number of hydrogen-bond donors (Lipinski definition) is 9. The number of aliphatic hydroxyl groups excluding tert-OH is 2. The average molecular weight is 674 g/mol. The molecule has 2 unspecified atom stereocenters. The van der Waals surface area contributed by atoms with Crippen LogP contribution < -0.4 is 15.6 Å². The first kappa shape index (κ1) is 34.5. The summed E-state index contributed by atoms with van der Waals surface area (Å²) in [6, 6.07) is -0.194. The number of phosphoric ester groups is 1. The van der Waals surface area contributed by atoms with Gasteiger partial charge in [-0.05, 0) is 4.92 Å². The molecule has 0 aromatic carbocycles. The van der Waals surface area contributed by atoms with Gasteiger partial charge in [0.1, 0.15) is 18.0 Å². The van der Waals surface area contributed by atoms with E-state index in [1.165, 1.54) is 6.20 Å². The summed E-state index contributed by atoms with van der Waals surface area (Å²) in [4.78, 5) is 65.2. The van der Waals surface area contributed by atoms with Crippen molar-refractivity contribution in [2.45, 2.75) is 37.3 Å². The first-order valence-corrected chi connectivity index (χ1v) is 16.1. The molecule has 25 heteroatoms. The molecular weight excluding hydrogens is 649 g/mol.